The number of hydrogen-bond donors (Lipinski definition) is 3. The minimum Gasteiger partial charge on any atom is -0.467 e. The van der Waals surface area contributed by atoms with Crippen LogP contribution in [-0.4, -0.2) is 141 Å². The minimum absolute atomic E-state index is 0.0599. The molecule has 326 valence electrons. The molecule has 9 atom stereocenters. The SMILES string of the molecule is C=C(CC)[C@@H]([C@@H](CC(=O)N1CCC[C@H]1[C@H](OC)[C@@H](C)C(=O)N[C@@H](Cc1ccccc1)C(=O)OC)OC)N(C)C(=O)[C@@H](NC(=O)C1(N(C)CCCN)C(C)C1C)C(C)C. The Morgan fingerprint density at radius 2 is 1.64 bits per heavy atom. The van der Waals surface area contributed by atoms with Gasteiger partial charge in [-0.05, 0) is 62.6 Å². The van der Waals surface area contributed by atoms with Gasteiger partial charge in [-0.25, -0.2) is 4.79 Å². The number of likely N-dealkylation sites (tertiary alicyclic amines) is 1. The maximum Gasteiger partial charge on any atom is 0.328 e. The van der Waals surface area contributed by atoms with Gasteiger partial charge in [-0.1, -0.05) is 84.0 Å². The fourth-order valence-corrected chi connectivity index (χ4v) is 9.06. The molecule has 1 heterocycles. The number of nitrogens with one attached hydrogen (secondary N) is 2. The van der Waals surface area contributed by atoms with Crippen molar-refractivity contribution in [2.45, 2.75) is 122 Å². The molecule has 2 fully saturated rings. The zero-order valence-corrected chi connectivity index (χ0v) is 36.9. The van der Waals surface area contributed by atoms with Gasteiger partial charge in [0.2, 0.25) is 23.6 Å². The molecule has 3 rings (SSSR count). The van der Waals surface area contributed by atoms with Crippen molar-refractivity contribution in [3.63, 3.8) is 0 Å². The van der Waals surface area contributed by atoms with E-state index in [1.54, 1.807) is 23.8 Å². The van der Waals surface area contributed by atoms with Gasteiger partial charge in [-0.3, -0.25) is 24.1 Å². The normalized spacial score (nSPS) is 23.3. The Hall–Kier alpha value is -3.85. The summed E-state index contributed by atoms with van der Waals surface area (Å²) in [5, 5.41) is 5.99. The highest BCUT2D eigenvalue weighted by molar-refractivity contribution is 5.95. The predicted octanol–water partition coefficient (Wildman–Crippen LogP) is 3.17. The van der Waals surface area contributed by atoms with Crippen molar-refractivity contribution in [3.05, 3.63) is 48.0 Å². The van der Waals surface area contributed by atoms with Crippen LogP contribution in [0.15, 0.2) is 42.5 Å². The highest BCUT2D eigenvalue weighted by Crippen LogP contribution is 2.54. The molecule has 4 amide bonds. The molecular formula is C44H72N6O8. The number of nitrogens with two attached hydrogens (primary N) is 1. The van der Waals surface area contributed by atoms with Crippen LogP contribution in [0.3, 0.4) is 0 Å². The number of benzene rings is 1. The van der Waals surface area contributed by atoms with Crippen LogP contribution in [0.2, 0.25) is 0 Å². The second-order valence-electron chi connectivity index (χ2n) is 16.6. The van der Waals surface area contributed by atoms with E-state index in [0.717, 1.165) is 12.0 Å². The molecule has 1 aromatic carbocycles. The standard InChI is InChI=1S/C44H72N6O8/c1-13-28(4)38(49(9)41(53)37(27(2)3)47-43(55)44(30(6)31(44)7)48(8)23-18-22-45)35(56-10)26-36(51)50-24-17-21-34(50)39(57-11)29(5)40(52)46-33(42(54)58-12)25-32-19-15-14-16-20-32/h14-16,19-20,27,29-31,33-35,37-39H,4,13,17-18,21-26,45H2,1-3,5-12H3,(H,46,52)(H,47,55)/t29-,30?,31?,33+,34+,35-,37+,38+,39-,44?/m1/s1. The first-order chi connectivity index (χ1) is 27.5. The molecule has 14 heteroatoms. The van der Waals surface area contributed by atoms with E-state index in [1.807, 2.05) is 58.2 Å². The molecule has 1 aliphatic heterocycles. The number of carbonyl (C=O) groups is 5. The Kier molecular flexibility index (Phi) is 18.4. The highest BCUT2D eigenvalue weighted by atomic mass is 16.5. The summed E-state index contributed by atoms with van der Waals surface area (Å²) in [7, 11) is 7.94. The van der Waals surface area contributed by atoms with E-state index in [2.05, 4.69) is 36.0 Å². The first kappa shape index (κ1) is 48.5. The molecule has 0 bridgehead atoms. The second-order valence-corrected chi connectivity index (χ2v) is 16.6. The van der Waals surface area contributed by atoms with E-state index in [9.17, 15) is 24.0 Å². The average molecular weight is 813 g/mol. The van der Waals surface area contributed by atoms with Gasteiger partial charge in [0.15, 0.2) is 0 Å². The molecule has 1 aromatic rings. The quantitative estimate of drug-likeness (QED) is 0.110. The molecule has 4 N–H and O–H groups in total. The second kappa shape index (κ2) is 22.0. The Morgan fingerprint density at radius 1 is 1.00 bits per heavy atom. The van der Waals surface area contributed by atoms with Gasteiger partial charge in [-0.15, -0.1) is 0 Å². The number of rotatable bonds is 23. The Morgan fingerprint density at radius 3 is 2.16 bits per heavy atom. The number of nitrogens with zero attached hydrogens (tertiary/aromatic N) is 3. The Balaban J connectivity index is 1.80. The summed E-state index contributed by atoms with van der Waals surface area (Å²) in [5.41, 5.74) is 6.63. The maximum absolute atomic E-state index is 14.5. The first-order valence-corrected chi connectivity index (χ1v) is 20.9. The highest BCUT2D eigenvalue weighted by Gasteiger charge is 2.67. The van der Waals surface area contributed by atoms with Gasteiger partial charge in [0.1, 0.15) is 17.6 Å². The number of esters is 1. The molecule has 1 aliphatic carbocycles. The van der Waals surface area contributed by atoms with Crippen LogP contribution >= 0.6 is 0 Å². The Labute approximate surface area is 346 Å². The fourth-order valence-electron chi connectivity index (χ4n) is 9.06. The number of ether oxygens (including phenoxy) is 3. The molecule has 0 aromatic heterocycles. The van der Waals surface area contributed by atoms with Gasteiger partial charge in [0.05, 0.1) is 43.7 Å². The van der Waals surface area contributed by atoms with E-state index >= 15 is 0 Å². The lowest BCUT2D eigenvalue weighted by molar-refractivity contribution is -0.147. The molecule has 58 heavy (non-hydrogen) atoms. The lowest BCUT2D eigenvalue weighted by Gasteiger charge is -2.39. The summed E-state index contributed by atoms with van der Waals surface area (Å²) >= 11 is 0. The van der Waals surface area contributed by atoms with Crippen LogP contribution in [-0.2, 0) is 44.6 Å². The van der Waals surface area contributed by atoms with E-state index < -0.39 is 59.7 Å². The number of likely N-dealkylation sites (N-methyl/N-ethyl adjacent to an activating group) is 2. The molecule has 0 spiro atoms. The number of hydrogen-bond acceptors (Lipinski definition) is 10. The minimum atomic E-state index is -0.903. The summed E-state index contributed by atoms with van der Waals surface area (Å²) < 4.78 is 16.9. The average Bonchev–Trinajstić information content (AvgIpc) is 3.49. The van der Waals surface area contributed by atoms with Crippen molar-refractivity contribution in [1.82, 2.24) is 25.3 Å². The molecule has 14 nitrogen and oxygen atoms in total. The summed E-state index contributed by atoms with van der Waals surface area (Å²) in [4.78, 5) is 74.6. The molecule has 0 radical (unpaired) electrons. The zero-order chi connectivity index (χ0) is 43.5. The van der Waals surface area contributed by atoms with E-state index in [4.69, 9.17) is 19.9 Å². The van der Waals surface area contributed by atoms with Crippen molar-refractivity contribution < 1.29 is 38.2 Å². The maximum atomic E-state index is 14.5. The van der Waals surface area contributed by atoms with Crippen LogP contribution in [0.5, 0.6) is 0 Å². The molecule has 1 saturated heterocycles. The summed E-state index contributed by atoms with van der Waals surface area (Å²) in [5.74, 6) is -2.37. The third-order valence-corrected chi connectivity index (χ3v) is 12.9. The van der Waals surface area contributed by atoms with Crippen LogP contribution in [0, 0.1) is 23.7 Å². The third kappa shape index (κ3) is 10.8. The van der Waals surface area contributed by atoms with Crippen LogP contribution < -0.4 is 16.4 Å². The fraction of sp³-hybridized carbons (Fsp3) is 0.705. The Bertz CT molecular complexity index is 1550. The topological polar surface area (TPSA) is 173 Å². The lowest BCUT2D eigenvalue weighted by atomic mass is 9.92. The molecule has 2 aliphatic rings. The molecular weight excluding hydrogens is 741 g/mol. The third-order valence-electron chi connectivity index (χ3n) is 12.9. The first-order valence-electron chi connectivity index (χ1n) is 20.9. The van der Waals surface area contributed by atoms with Crippen molar-refractivity contribution in [2.75, 3.05) is 55.1 Å². The van der Waals surface area contributed by atoms with E-state index in [0.29, 0.717) is 44.5 Å². The van der Waals surface area contributed by atoms with Crippen LogP contribution in [0.4, 0.5) is 0 Å². The van der Waals surface area contributed by atoms with Gasteiger partial charge >= 0.3 is 5.97 Å². The van der Waals surface area contributed by atoms with Crippen molar-refractivity contribution in [3.8, 4) is 0 Å². The number of carbonyl (C=O) groups excluding carboxylic acids is 5. The largest absolute Gasteiger partial charge is 0.467 e. The summed E-state index contributed by atoms with van der Waals surface area (Å²) in [6.45, 7) is 17.6. The number of amides is 4. The van der Waals surface area contributed by atoms with Gasteiger partial charge < -0.3 is 40.4 Å². The van der Waals surface area contributed by atoms with E-state index in [1.165, 1.54) is 21.3 Å². The smallest absolute Gasteiger partial charge is 0.328 e. The van der Waals surface area contributed by atoms with Crippen LogP contribution in [0.1, 0.15) is 79.2 Å². The summed E-state index contributed by atoms with van der Waals surface area (Å²) in [6, 6.07) is 6.54. The van der Waals surface area contributed by atoms with Crippen molar-refractivity contribution in [1.29, 1.82) is 0 Å². The summed E-state index contributed by atoms with van der Waals surface area (Å²) in [6.07, 6.45) is 1.38. The van der Waals surface area contributed by atoms with Gasteiger partial charge in [0.25, 0.3) is 0 Å². The zero-order valence-electron chi connectivity index (χ0n) is 36.9. The van der Waals surface area contributed by atoms with Gasteiger partial charge in [-0.2, -0.15) is 0 Å². The van der Waals surface area contributed by atoms with Crippen LogP contribution in [0.25, 0.3) is 0 Å². The molecule has 2 unspecified atom stereocenters. The van der Waals surface area contributed by atoms with Crippen molar-refractivity contribution >= 4 is 29.6 Å². The van der Waals surface area contributed by atoms with Crippen molar-refractivity contribution in [2.24, 2.45) is 29.4 Å². The monoisotopic (exact) mass is 813 g/mol. The number of methoxy groups -OCH3 is 3. The lowest BCUT2D eigenvalue weighted by Crippen LogP contribution is -2.60. The van der Waals surface area contributed by atoms with E-state index in [-0.39, 0.29) is 48.3 Å². The van der Waals surface area contributed by atoms with Gasteiger partial charge in [0, 0.05) is 40.8 Å². The predicted molar refractivity (Wildman–Crippen MR) is 224 cm³/mol. The molecule has 1 saturated carbocycles.